The van der Waals surface area contributed by atoms with Crippen LogP contribution in [0.3, 0.4) is 0 Å². The number of hydrogen-bond acceptors (Lipinski definition) is 5. The minimum Gasteiger partial charge on any atom is -0.450 e. The van der Waals surface area contributed by atoms with Gasteiger partial charge in [-0.25, -0.2) is 9.18 Å². The quantitative estimate of drug-likeness (QED) is 0.715. The molecule has 3 unspecified atom stereocenters. The molecule has 0 aromatic heterocycles. The van der Waals surface area contributed by atoms with Gasteiger partial charge in [-0.1, -0.05) is 0 Å². The maximum absolute atomic E-state index is 14.0. The van der Waals surface area contributed by atoms with E-state index in [4.69, 9.17) is 4.74 Å². The molecule has 2 amide bonds. The minimum atomic E-state index is -1.10. The molecule has 0 bridgehead atoms. The molecule has 3 heterocycles. The largest absolute Gasteiger partial charge is 0.450 e. The van der Waals surface area contributed by atoms with Crippen LogP contribution < -0.4 is 0 Å². The lowest BCUT2D eigenvalue weighted by molar-refractivity contribution is -0.139. The van der Waals surface area contributed by atoms with E-state index in [2.05, 4.69) is 4.90 Å². The van der Waals surface area contributed by atoms with Gasteiger partial charge in [-0.15, -0.1) is 0 Å². The minimum absolute atomic E-state index is 0.0692. The summed E-state index contributed by atoms with van der Waals surface area (Å²) < 4.78 is 19.2. The van der Waals surface area contributed by atoms with E-state index in [1.165, 1.54) is 6.08 Å². The first-order valence-corrected chi connectivity index (χ1v) is 12.0. The van der Waals surface area contributed by atoms with Crippen molar-refractivity contribution in [1.29, 1.82) is 0 Å². The normalized spacial score (nSPS) is 32.3. The first-order valence-electron chi connectivity index (χ1n) is 12.0. The summed E-state index contributed by atoms with van der Waals surface area (Å²) >= 11 is 0. The molecule has 0 aromatic rings. The SMILES string of the molecule is CCOC(=O)N1CCCC(N2CCC(N3C(=O)C(C)(CO)C4=C3C=CC(F)C4)CC2)CC1. The van der Waals surface area contributed by atoms with Crippen LogP contribution in [0.15, 0.2) is 23.4 Å². The number of likely N-dealkylation sites (tertiary alicyclic amines) is 2. The van der Waals surface area contributed by atoms with Crippen molar-refractivity contribution in [2.45, 2.75) is 70.6 Å². The van der Waals surface area contributed by atoms with Gasteiger partial charge in [0.15, 0.2) is 0 Å². The second kappa shape index (κ2) is 9.51. The third-order valence-electron chi connectivity index (χ3n) is 7.71. The van der Waals surface area contributed by atoms with Gasteiger partial charge < -0.3 is 24.5 Å². The highest BCUT2D eigenvalue weighted by atomic mass is 19.1. The van der Waals surface area contributed by atoms with Gasteiger partial charge in [0.25, 0.3) is 0 Å². The zero-order valence-corrected chi connectivity index (χ0v) is 19.3. The summed E-state index contributed by atoms with van der Waals surface area (Å²) in [5.74, 6) is -0.0956. The second-order valence-electron chi connectivity index (χ2n) is 9.65. The van der Waals surface area contributed by atoms with Crippen molar-refractivity contribution in [1.82, 2.24) is 14.7 Å². The van der Waals surface area contributed by atoms with Gasteiger partial charge in [-0.2, -0.15) is 0 Å². The highest BCUT2D eigenvalue weighted by molar-refractivity contribution is 5.92. The summed E-state index contributed by atoms with van der Waals surface area (Å²) in [7, 11) is 0. The highest BCUT2D eigenvalue weighted by Crippen LogP contribution is 2.47. The maximum Gasteiger partial charge on any atom is 0.409 e. The van der Waals surface area contributed by atoms with Crippen LogP contribution in [0.4, 0.5) is 9.18 Å². The molecular formula is C24H36FN3O4. The smallest absolute Gasteiger partial charge is 0.409 e. The molecule has 4 rings (SSSR count). The van der Waals surface area contributed by atoms with Crippen LogP contribution >= 0.6 is 0 Å². The molecule has 32 heavy (non-hydrogen) atoms. The van der Waals surface area contributed by atoms with Gasteiger partial charge in [0.05, 0.1) is 18.6 Å². The van der Waals surface area contributed by atoms with Crippen LogP contribution in [-0.4, -0.2) is 89.5 Å². The molecule has 0 saturated carbocycles. The Bertz CT molecular complexity index is 792. The van der Waals surface area contributed by atoms with E-state index in [0.29, 0.717) is 19.2 Å². The van der Waals surface area contributed by atoms with Crippen LogP contribution in [0.2, 0.25) is 0 Å². The number of halogens is 1. The van der Waals surface area contributed by atoms with Crippen molar-refractivity contribution >= 4 is 12.0 Å². The van der Waals surface area contributed by atoms with Crippen molar-refractivity contribution in [2.75, 3.05) is 39.4 Å². The summed E-state index contributed by atoms with van der Waals surface area (Å²) in [6.07, 6.45) is 6.81. The summed E-state index contributed by atoms with van der Waals surface area (Å²) in [5.41, 5.74) is 0.531. The molecule has 4 aliphatic rings. The van der Waals surface area contributed by atoms with Crippen LogP contribution in [0.25, 0.3) is 0 Å². The van der Waals surface area contributed by atoms with Gasteiger partial charge in [0.1, 0.15) is 6.17 Å². The molecule has 8 heteroatoms. The summed E-state index contributed by atoms with van der Waals surface area (Å²) in [6, 6.07) is 0.503. The van der Waals surface area contributed by atoms with Crippen LogP contribution in [0.5, 0.6) is 0 Å². The number of aliphatic hydroxyl groups is 1. The Morgan fingerprint density at radius 3 is 2.59 bits per heavy atom. The predicted octanol–water partition coefficient (Wildman–Crippen LogP) is 2.85. The number of amides is 2. The number of piperidine rings is 1. The van der Waals surface area contributed by atoms with E-state index >= 15 is 0 Å². The lowest BCUT2D eigenvalue weighted by Crippen LogP contribution is -2.50. The van der Waals surface area contributed by atoms with E-state index in [0.717, 1.165) is 63.0 Å². The van der Waals surface area contributed by atoms with Crippen molar-refractivity contribution in [3.63, 3.8) is 0 Å². The fourth-order valence-electron chi connectivity index (χ4n) is 5.78. The van der Waals surface area contributed by atoms with E-state index in [1.54, 1.807) is 13.0 Å². The first kappa shape index (κ1) is 23.2. The molecule has 2 fully saturated rings. The topological polar surface area (TPSA) is 73.3 Å². The Morgan fingerprint density at radius 1 is 1.19 bits per heavy atom. The molecule has 3 atom stereocenters. The predicted molar refractivity (Wildman–Crippen MR) is 119 cm³/mol. The van der Waals surface area contributed by atoms with Gasteiger partial charge in [0.2, 0.25) is 5.91 Å². The third-order valence-corrected chi connectivity index (χ3v) is 7.71. The van der Waals surface area contributed by atoms with Crippen LogP contribution in [0.1, 0.15) is 52.4 Å². The lowest BCUT2D eigenvalue weighted by Gasteiger charge is -2.41. The maximum atomic E-state index is 14.0. The third kappa shape index (κ3) is 4.19. The molecule has 0 spiro atoms. The molecule has 2 saturated heterocycles. The van der Waals surface area contributed by atoms with E-state index < -0.39 is 11.6 Å². The number of nitrogens with zero attached hydrogens (tertiary/aromatic N) is 3. The zero-order valence-electron chi connectivity index (χ0n) is 19.3. The molecule has 3 aliphatic heterocycles. The molecule has 7 nitrogen and oxygen atoms in total. The second-order valence-corrected chi connectivity index (χ2v) is 9.65. The molecule has 0 aromatic carbocycles. The van der Waals surface area contributed by atoms with Crippen molar-refractivity contribution in [2.24, 2.45) is 5.41 Å². The Balaban J connectivity index is 1.38. The summed E-state index contributed by atoms with van der Waals surface area (Å²) in [6.45, 7) is 6.93. The van der Waals surface area contributed by atoms with Crippen LogP contribution in [-0.2, 0) is 9.53 Å². The molecule has 1 N–H and O–H groups in total. The zero-order chi connectivity index (χ0) is 22.9. The van der Waals surface area contributed by atoms with Crippen molar-refractivity contribution in [3.05, 3.63) is 23.4 Å². The number of rotatable bonds is 4. The molecular weight excluding hydrogens is 413 g/mol. The van der Waals surface area contributed by atoms with E-state index in [1.807, 2.05) is 16.7 Å². The van der Waals surface area contributed by atoms with E-state index in [-0.39, 0.29) is 31.1 Å². The Morgan fingerprint density at radius 2 is 1.91 bits per heavy atom. The summed E-state index contributed by atoms with van der Waals surface area (Å²) in [5, 5.41) is 10.00. The summed E-state index contributed by atoms with van der Waals surface area (Å²) in [4.78, 5) is 31.6. The Hall–Kier alpha value is -1.93. The molecule has 0 radical (unpaired) electrons. The fourth-order valence-corrected chi connectivity index (χ4v) is 5.78. The lowest BCUT2D eigenvalue weighted by atomic mass is 9.80. The Labute approximate surface area is 189 Å². The van der Waals surface area contributed by atoms with Crippen LogP contribution in [0, 0.1) is 5.41 Å². The molecule has 178 valence electrons. The number of carbonyl (C=O) groups is 2. The van der Waals surface area contributed by atoms with E-state index in [9.17, 15) is 19.1 Å². The van der Waals surface area contributed by atoms with Gasteiger partial charge in [-0.3, -0.25) is 4.79 Å². The van der Waals surface area contributed by atoms with Gasteiger partial charge >= 0.3 is 6.09 Å². The van der Waals surface area contributed by atoms with Gasteiger partial charge in [-0.05, 0) is 63.7 Å². The Kier molecular flexibility index (Phi) is 6.91. The average molecular weight is 450 g/mol. The number of hydrogen-bond donors (Lipinski definition) is 1. The first-order chi connectivity index (χ1) is 15.4. The number of alkyl halides is 1. The molecule has 1 aliphatic carbocycles. The van der Waals surface area contributed by atoms with Crippen molar-refractivity contribution in [3.8, 4) is 0 Å². The highest BCUT2D eigenvalue weighted by Gasteiger charge is 2.51. The number of allylic oxidation sites excluding steroid dienone is 2. The van der Waals surface area contributed by atoms with Gasteiger partial charge in [0, 0.05) is 50.4 Å². The number of aliphatic hydroxyl groups excluding tert-OH is 1. The number of ether oxygens (including phenoxy) is 1. The fraction of sp³-hybridized carbons (Fsp3) is 0.750. The average Bonchev–Trinajstić information content (AvgIpc) is 2.96. The number of carbonyl (C=O) groups excluding carboxylic acids is 2. The standard InChI is InChI=1S/C24H36FN3O4/c1-3-32-23(31)27-11-4-5-18(8-14-27)26-12-9-19(10-13-26)28-21-7-6-17(25)15-20(21)24(2,16-29)22(28)30/h6-7,17-19,29H,3-5,8-16H2,1-2H3. The monoisotopic (exact) mass is 449 g/mol. The van der Waals surface area contributed by atoms with Crippen molar-refractivity contribution < 1.29 is 23.8 Å².